The summed E-state index contributed by atoms with van der Waals surface area (Å²) in [5.41, 5.74) is 3.80. The molecule has 0 amide bonds. The Kier molecular flexibility index (Phi) is 3.66. The smallest absolute Gasteiger partial charge is 0.0496 e. The summed E-state index contributed by atoms with van der Waals surface area (Å²) in [4.78, 5) is 1.40. The highest BCUT2D eigenvalue weighted by molar-refractivity contribution is 9.10. The zero-order valence-electron chi connectivity index (χ0n) is 9.38. The van der Waals surface area contributed by atoms with E-state index < -0.39 is 0 Å². The van der Waals surface area contributed by atoms with Crippen molar-refractivity contribution in [2.45, 2.75) is 20.4 Å². The monoisotopic (exact) mass is 295 g/mol. The van der Waals surface area contributed by atoms with Crippen LogP contribution in [0.1, 0.15) is 16.0 Å². The molecule has 0 saturated heterocycles. The Labute approximate surface area is 109 Å². The van der Waals surface area contributed by atoms with Crippen LogP contribution in [0.15, 0.2) is 34.1 Å². The topological polar surface area (TPSA) is 12.0 Å². The molecule has 0 fully saturated rings. The number of halogens is 1. The van der Waals surface area contributed by atoms with Crippen LogP contribution in [0.4, 0.5) is 5.69 Å². The number of anilines is 1. The molecule has 1 heterocycles. The summed E-state index contributed by atoms with van der Waals surface area (Å²) in [7, 11) is 0. The first-order valence-corrected chi connectivity index (χ1v) is 6.86. The van der Waals surface area contributed by atoms with Gasteiger partial charge in [-0.15, -0.1) is 11.3 Å². The highest BCUT2D eigenvalue weighted by atomic mass is 79.9. The van der Waals surface area contributed by atoms with Gasteiger partial charge in [-0.2, -0.15) is 0 Å². The quantitative estimate of drug-likeness (QED) is 0.862. The molecule has 0 aliphatic heterocycles. The average Bonchev–Trinajstić information content (AvgIpc) is 2.59. The number of hydrogen-bond acceptors (Lipinski definition) is 2. The molecule has 1 aromatic heterocycles. The van der Waals surface area contributed by atoms with Crippen LogP contribution in [-0.2, 0) is 6.54 Å². The molecule has 0 aliphatic carbocycles. The predicted molar refractivity (Wildman–Crippen MR) is 75.3 cm³/mol. The molecular formula is C13H14BrNS. The molecule has 0 atom stereocenters. The summed E-state index contributed by atoms with van der Waals surface area (Å²) < 4.78 is 1.12. The molecule has 0 saturated carbocycles. The third-order valence-corrected chi connectivity index (χ3v) is 3.94. The Balaban J connectivity index is 2.07. The van der Waals surface area contributed by atoms with Crippen LogP contribution in [0.25, 0.3) is 0 Å². The normalized spacial score (nSPS) is 10.4. The van der Waals surface area contributed by atoms with E-state index in [1.54, 1.807) is 11.3 Å². The van der Waals surface area contributed by atoms with Crippen LogP contribution in [0.5, 0.6) is 0 Å². The molecule has 3 heteroatoms. The van der Waals surface area contributed by atoms with Crippen LogP contribution in [0.2, 0.25) is 0 Å². The average molecular weight is 296 g/mol. The molecular weight excluding hydrogens is 282 g/mol. The number of hydrogen-bond donors (Lipinski definition) is 1. The number of thiophene rings is 1. The van der Waals surface area contributed by atoms with Gasteiger partial charge in [0.1, 0.15) is 0 Å². The number of aryl methyl sites for hydroxylation is 2. The molecule has 0 bridgehead atoms. The lowest BCUT2D eigenvalue weighted by molar-refractivity contribution is 1.16. The molecule has 1 nitrogen and oxygen atoms in total. The third-order valence-electron chi connectivity index (χ3n) is 2.46. The maximum absolute atomic E-state index is 3.51. The molecule has 0 radical (unpaired) electrons. The van der Waals surface area contributed by atoms with Gasteiger partial charge >= 0.3 is 0 Å². The van der Waals surface area contributed by atoms with Crippen LogP contribution >= 0.6 is 27.3 Å². The van der Waals surface area contributed by atoms with Gasteiger partial charge < -0.3 is 5.32 Å². The Morgan fingerprint density at radius 3 is 2.69 bits per heavy atom. The maximum atomic E-state index is 3.51. The molecule has 2 rings (SSSR count). The summed E-state index contributed by atoms with van der Waals surface area (Å²) in [6.07, 6.45) is 0. The van der Waals surface area contributed by atoms with Crippen molar-refractivity contribution in [2.75, 3.05) is 5.32 Å². The fourth-order valence-electron chi connectivity index (χ4n) is 1.61. The van der Waals surface area contributed by atoms with E-state index in [4.69, 9.17) is 0 Å². The highest BCUT2D eigenvalue weighted by Crippen LogP contribution is 2.21. The minimum Gasteiger partial charge on any atom is -0.380 e. The first kappa shape index (κ1) is 11.7. The van der Waals surface area contributed by atoms with Crippen molar-refractivity contribution in [3.05, 3.63) is 50.1 Å². The molecule has 2 aromatic rings. The van der Waals surface area contributed by atoms with E-state index in [1.807, 2.05) is 0 Å². The lowest BCUT2D eigenvalue weighted by Crippen LogP contribution is -1.98. The number of benzene rings is 1. The fourth-order valence-corrected chi connectivity index (χ4v) is 3.06. The van der Waals surface area contributed by atoms with Gasteiger partial charge in [0.2, 0.25) is 0 Å². The second-order valence-electron chi connectivity index (χ2n) is 3.90. The fraction of sp³-hybridized carbons (Fsp3) is 0.231. The molecule has 84 valence electrons. The van der Waals surface area contributed by atoms with Gasteiger partial charge in [0.05, 0.1) is 0 Å². The first-order chi connectivity index (χ1) is 7.65. The molecule has 1 N–H and O–H groups in total. The maximum Gasteiger partial charge on any atom is 0.0496 e. The van der Waals surface area contributed by atoms with E-state index >= 15 is 0 Å². The van der Waals surface area contributed by atoms with Gasteiger partial charge in [-0.1, -0.05) is 15.9 Å². The second kappa shape index (κ2) is 5.02. The minimum atomic E-state index is 0.902. The Hall–Kier alpha value is -0.800. The Morgan fingerprint density at radius 2 is 2.06 bits per heavy atom. The van der Waals surface area contributed by atoms with E-state index in [2.05, 4.69) is 64.7 Å². The number of rotatable bonds is 3. The van der Waals surface area contributed by atoms with Crippen LogP contribution in [0.3, 0.4) is 0 Å². The molecule has 0 spiro atoms. The Morgan fingerprint density at radius 1 is 1.25 bits per heavy atom. The lowest BCUT2D eigenvalue weighted by Gasteiger charge is -2.07. The van der Waals surface area contributed by atoms with Gasteiger partial charge in [0.15, 0.2) is 0 Å². The summed E-state index contributed by atoms with van der Waals surface area (Å²) in [6, 6.07) is 8.54. The predicted octanol–water partition coefficient (Wildman–Crippen LogP) is 4.74. The van der Waals surface area contributed by atoms with Crippen molar-refractivity contribution in [3.8, 4) is 0 Å². The van der Waals surface area contributed by atoms with Gasteiger partial charge in [-0.25, -0.2) is 0 Å². The highest BCUT2D eigenvalue weighted by Gasteiger charge is 2.00. The van der Waals surface area contributed by atoms with Crippen molar-refractivity contribution in [3.63, 3.8) is 0 Å². The van der Waals surface area contributed by atoms with Crippen molar-refractivity contribution >= 4 is 33.0 Å². The summed E-state index contributed by atoms with van der Waals surface area (Å²) in [6.45, 7) is 5.16. The zero-order chi connectivity index (χ0) is 11.5. The molecule has 0 aliphatic rings. The van der Waals surface area contributed by atoms with E-state index in [1.165, 1.54) is 21.7 Å². The summed E-state index contributed by atoms with van der Waals surface area (Å²) in [5, 5.41) is 5.59. The molecule has 16 heavy (non-hydrogen) atoms. The van der Waals surface area contributed by atoms with Crippen LogP contribution in [0, 0.1) is 13.8 Å². The second-order valence-corrected chi connectivity index (χ2v) is 5.81. The standard InChI is InChI=1S/C13H14BrNS/c1-9-5-11(14)7-12(6-9)15-8-13-10(2)3-4-16-13/h3-7,15H,8H2,1-2H3. The molecule has 0 unspecified atom stereocenters. The molecule has 1 aromatic carbocycles. The van der Waals surface area contributed by atoms with E-state index in [0.717, 1.165) is 11.0 Å². The van der Waals surface area contributed by atoms with Crippen LogP contribution in [-0.4, -0.2) is 0 Å². The number of nitrogens with one attached hydrogen (secondary N) is 1. The summed E-state index contributed by atoms with van der Waals surface area (Å²) in [5.74, 6) is 0. The first-order valence-electron chi connectivity index (χ1n) is 5.19. The SMILES string of the molecule is Cc1cc(Br)cc(NCc2sccc2C)c1. The minimum absolute atomic E-state index is 0.902. The van der Waals surface area contributed by atoms with E-state index in [9.17, 15) is 0 Å². The van der Waals surface area contributed by atoms with Crippen molar-refractivity contribution in [2.24, 2.45) is 0 Å². The van der Waals surface area contributed by atoms with E-state index in [-0.39, 0.29) is 0 Å². The lowest BCUT2D eigenvalue weighted by atomic mass is 10.2. The van der Waals surface area contributed by atoms with Crippen LogP contribution < -0.4 is 5.32 Å². The van der Waals surface area contributed by atoms with Gasteiger partial charge in [0.25, 0.3) is 0 Å². The van der Waals surface area contributed by atoms with Gasteiger partial charge in [-0.05, 0) is 54.6 Å². The third kappa shape index (κ3) is 2.86. The van der Waals surface area contributed by atoms with Crippen molar-refractivity contribution in [1.82, 2.24) is 0 Å². The zero-order valence-corrected chi connectivity index (χ0v) is 11.8. The largest absolute Gasteiger partial charge is 0.380 e. The van der Waals surface area contributed by atoms with Gasteiger partial charge in [0, 0.05) is 21.6 Å². The Bertz CT molecular complexity index is 470. The van der Waals surface area contributed by atoms with Crippen molar-refractivity contribution < 1.29 is 0 Å². The van der Waals surface area contributed by atoms with Crippen molar-refractivity contribution in [1.29, 1.82) is 0 Å². The van der Waals surface area contributed by atoms with E-state index in [0.29, 0.717) is 0 Å². The van der Waals surface area contributed by atoms with Gasteiger partial charge in [-0.3, -0.25) is 0 Å². The summed E-state index contributed by atoms with van der Waals surface area (Å²) >= 11 is 5.31.